The Labute approximate surface area is 162 Å². The smallest absolute Gasteiger partial charge is 0.339 e. The molecule has 7 nitrogen and oxygen atoms in total. The van der Waals surface area contributed by atoms with Crippen LogP contribution in [0.15, 0.2) is 39.9 Å². The first-order valence-electron chi connectivity index (χ1n) is 9.05. The molecule has 2 heterocycles. The van der Waals surface area contributed by atoms with Gasteiger partial charge in [-0.05, 0) is 24.0 Å². The van der Waals surface area contributed by atoms with Crippen molar-refractivity contribution in [2.75, 3.05) is 6.61 Å². The number of carbonyl (C=O) groups excluding carboxylic acids is 1. The summed E-state index contributed by atoms with van der Waals surface area (Å²) in [6, 6.07) is 9.36. The van der Waals surface area contributed by atoms with Crippen LogP contribution in [0.5, 0.6) is 0 Å². The van der Waals surface area contributed by atoms with Gasteiger partial charge in [-0.1, -0.05) is 45.0 Å². The van der Waals surface area contributed by atoms with E-state index in [4.69, 9.17) is 4.74 Å². The molecule has 146 valence electrons. The third kappa shape index (κ3) is 3.47. The molecule has 1 aromatic carbocycles. The predicted molar refractivity (Wildman–Crippen MR) is 108 cm³/mol. The standard InChI is InChI=1S/C21H23N3O4/c1-6-28-19(26)14-11-15(12-7-9-13(10-8-12)21(2,3)4)22-17-16(14)18(25)23-20(27)24(17)5/h7-11H,6H2,1-5H3,(H,23,25,27). The SMILES string of the molecule is CCOC(=O)c1cc(-c2ccc(C(C)(C)C)cc2)nc2c1c(=O)[nH]c(=O)n2C. The molecule has 0 aliphatic heterocycles. The second-order valence-corrected chi connectivity index (χ2v) is 7.62. The van der Waals surface area contributed by atoms with Gasteiger partial charge in [-0.15, -0.1) is 0 Å². The highest BCUT2D eigenvalue weighted by Gasteiger charge is 2.20. The molecule has 0 aliphatic rings. The van der Waals surface area contributed by atoms with Crippen molar-refractivity contribution < 1.29 is 9.53 Å². The maximum Gasteiger partial charge on any atom is 0.339 e. The van der Waals surface area contributed by atoms with Crippen LogP contribution in [0.1, 0.15) is 43.6 Å². The van der Waals surface area contributed by atoms with E-state index in [1.807, 2.05) is 24.3 Å². The van der Waals surface area contributed by atoms with Crippen LogP contribution in [0, 0.1) is 0 Å². The minimum atomic E-state index is -0.664. The number of pyridine rings is 1. The normalized spacial score (nSPS) is 11.6. The van der Waals surface area contributed by atoms with Crippen molar-refractivity contribution >= 4 is 17.0 Å². The molecule has 0 amide bonds. The van der Waals surface area contributed by atoms with E-state index >= 15 is 0 Å². The quantitative estimate of drug-likeness (QED) is 0.704. The van der Waals surface area contributed by atoms with Crippen LogP contribution < -0.4 is 11.2 Å². The van der Waals surface area contributed by atoms with E-state index in [0.29, 0.717) is 5.69 Å². The fourth-order valence-electron chi connectivity index (χ4n) is 3.00. The molecule has 0 atom stereocenters. The fraction of sp³-hybridized carbons (Fsp3) is 0.333. The van der Waals surface area contributed by atoms with Gasteiger partial charge in [-0.2, -0.15) is 0 Å². The average molecular weight is 381 g/mol. The molecule has 28 heavy (non-hydrogen) atoms. The predicted octanol–water partition coefficient (Wildman–Crippen LogP) is 2.76. The molecule has 1 N–H and O–H groups in total. The maximum absolute atomic E-state index is 12.5. The van der Waals surface area contributed by atoms with Crippen LogP contribution in [0.3, 0.4) is 0 Å². The van der Waals surface area contributed by atoms with Gasteiger partial charge in [0.1, 0.15) is 0 Å². The lowest BCUT2D eigenvalue weighted by Gasteiger charge is -2.19. The maximum atomic E-state index is 12.5. The van der Waals surface area contributed by atoms with Crippen LogP contribution >= 0.6 is 0 Å². The van der Waals surface area contributed by atoms with Crippen LogP contribution in [0.2, 0.25) is 0 Å². The zero-order valence-electron chi connectivity index (χ0n) is 16.6. The van der Waals surface area contributed by atoms with Gasteiger partial charge < -0.3 is 4.74 Å². The minimum Gasteiger partial charge on any atom is -0.462 e. The molecule has 0 aliphatic carbocycles. The molecule has 2 aromatic heterocycles. The molecule has 0 saturated heterocycles. The molecule has 3 aromatic rings. The summed E-state index contributed by atoms with van der Waals surface area (Å²) in [5, 5.41) is 0.0376. The second-order valence-electron chi connectivity index (χ2n) is 7.62. The summed E-state index contributed by atoms with van der Waals surface area (Å²) in [5.74, 6) is -0.633. The number of aromatic amines is 1. The number of carbonyl (C=O) groups is 1. The highest BCUT2D eigenvalue weighted by molar-refractivity contribution is 6.03. The summed E-state index contributed by atoms with van der Waals surface area (Å²) >= 11 is 0. The van der Waals surface area contributed by atoms with Crippen LogP contribution in [-0.4, -0.2) is 27.1 Å². The molecule has 7 heteroatoms. The van der Waals surface area contributed by atoms with Crippen LogP contribution in [0.4, 0.5) is 0 Å². The van der Waals surface area contributed by atoms with Gasteiger partial charge in [0.25, 0.3) is 5.56 Å². The van der Waals surface area contributed by atoms with E-state index in [2.05, 4.69) is 30.7 Å². The molecule has 0 fully saturated rings. The summed E-state index contributed by atoms with van der Waals surface area (Å²) in [7, 11) is 1.50. The topological polar surface area (TPSA) is 94.1 Å². The van der Waals surface area contributed by atoms with Crippen molar-refractivity contribution in [2.45, 2.75) is 33.1 Å². The lowest BCUT2D eigenvalue weighted by atomic mass is 9.86. The number of nitrogens with one attached hydrogen (secondary N) is 1. The van der Waals surface area contributed by atoms with Gasteiger partial charge in [0, 0.05) is 12.6 Å². The number of hydrogen-bond acceptors (Lipinski definition) is 5. The van der Waals surface area contributed by atoms with E-state index in [1.165, 1.54) is 17.7 Å². The van der Waals surface area contributed by atoms with Gasteiger partial charge in [-0.25, -0.2) is 14.6 Å². The highest BCUT2D eigenvalue weighted by atomic mass is 16.5. The number of nitrogens with zero attached hydrogens (tertiary/aromatic N) is 2. The Kier molecular flexibility index (Phi) is 4.93. The van der Waals surface area contributed by atoms with E-state index in [9.17, 15) is 14.4 Å². The molecule has 0 spiro atoms. The Hall–Kier alpha value is -3.22. The number of benzene rings is 1. The van der Waals surface area contributed by atoms with E-state index in [1.54, 1.807) is 6.92 Å². The summed E-state index contributed by atoms with van der Waals surface area (Å²) in [6.45, 7) is 8.22. The van der Waals surface area contributed by atoms with Gasteiger partial charge >= 0.3 is 11.7 Å². The lowest BCUT2D eigenvalue weighted by molar-refractivity contribution is 0.0528. The third-order valence-electron chi connectivity index (χ3n) is 4.61. The Bertz CT molecular complexity index is 1170. The van der Waals surface area contributed by atoms with Crippen molar-refractivity contribution in [3.05, 3.63) is 62.3 Å². The molecule has 0 bridgehead atoms. The van der Waals surface area contributed by atoms with Gasteiger partial charge in [0.2, 0.25) is 0 Å². The van der Waals surface area contributed by atoms with Gasteiger partial charge in [0.15, 0.2) is 5.65 Å². The molecule has 0 radical (unpaired) electrons. The van der Waals surface area contributed by atoms with E-state index in [0.717, 1.165) is 11.1 Å². The van der Waals surface area contributed by atoms with Crippen LogP contribution in [0.25, 0.3) is 22.3 Å². The molecule has 3 rings (SSSR count). The van der Waals surface area contributed by atoms with Crippen molar-refractivity contribution in [3.8, 4) is 11.3 Å². The van der Waals surface area contributed by atoms with Crippen molar-refractivity contribution in [3.63, 3.8) is 0 Å². The number of esters is 1. The average Bonchev–Trinajstić information content (AvgIpc) is 2.65. The first-order valence-corrected chi connectivity index (χ1v) is 9.05. The second kappa shape index (κ2) is 7.07. The van der Waals surface area contributed by atoms with Crippen molar-refractivity contribution in [2.24, 2.45) is 7.05 Å². The van der Waals surface area contributed by atoms with Crippen molar-refractivity contribution in [1.29, 1.82) is 0 Å². The molecular weight excluding hydrogens is 358 g/mol. The zero-order chi connectivity index (χ0) is 20.6. The number of H-pyrrole nitrogens is 1. The largest absolute Gasteiger partial charge is 0.462 e. The van der Waals surface area contributed by atoms with Crippen LogP contribution in [-0.2, 0) is 17.2 Å². The van der Waals surface area contributed by atoms with Gasteiger partial charge in [-0.3, -0.25) is 14.3 Å². The zero-order valence-corrected chi connectivity index (χ0v) is 16.6. The Balaban J connectivity index is 2.30. The first kappa shape index (κ1) is 19.5. The highest BCUT2D eigenvalue weighted by Crippen LogP contribution is 2.27. The summed E-state index contributed by atoms with van der Waals surface area (Å²) < 4.78 is 6.32. The lowest BCUT2D eigenvalue weighted by Crippen LogP contribution is -2.30. The molecular formula is C21H23N3O4. The summed E-state index contributed by atoms with van der Waals surface area (Å²) in [6.07, 6.45) is 0. The Morgan fingerprint density at radius 2 is 1.82 bits per heavy atom. The first-order chi connectivity index (χ1) is 13.1. The number of aromatic nitrogens is 3. The van der Waals surface area contributed by atoms with Gasteiger partial charge in [0.05, 0.1) is 23.3 Å². The molecule has 0 unspecified atom stereocenters. The number of hydrogen-bond donors (Lipinski definition) is 1. The minimum absolute atomic E-state index is 0.00261. The molecule has 0 saturated carbocycles. The number of aryl methyl sites for hydroxylation is 1. The Morgan fingerprint density at radius 3 is 2.39 bits per heavy atom. The number of ether oxygens (including phenoxy) is 1. The van der Waals surface area contributed by atoms with E-state index in [-0.39, 0.29) is 28.6 Å². The fourth-order valence-corrected chi connectivity index (χ4v) is 3.00. The van der Waals surface area contributed by atoms with E-state index < -0.39 is 17.2 Å². The summed E-state index contributed by atoms with van der Waals surface area (Å²) in [5.41, 5.74) is 1.37. The number of rotatable bonds is 3. The third-order valence-corrected chi connectivity index (χ3v) is 4.61. The summed E-state index contributed by atoms with van der Waals surface area (Å²) in [4.78, 5) is 43.6. The Morgan fingerprint density at radius 1 is 1.18 bits per heavy atom. The van der Waals surface area contributed by atoms with Crippen molar-refractivity contribution in [1.82, 2.24) is 14.5 Å². The number of fused-ring (bicyclic) bond motifs is 1. The monoisotopic (exact) mass is 381 g/mol.